The molecule has 0 N–H and O–H groups in total. The first kappa shape index (κ1) is 26.0. The molecule has 32 heavy (non-hydrogen) atoms. The molecule has 0 aromatic heterocycles. The molecule has 0 aromatic carbocycles. The van der Waals surface area contributed by atoms with Gasteiger partial charge in [0.15, 0.2) is 0 Å². The Hall–Kier alpha value is -0.580. The molecule has 3 aliphatic carbocycles. The Balaban J connectivity index is 1.42. The summed E-state index contributed by atoms with van der Waals surface area (Å²) in [6, 6.07) is 0. The summed E-state index contributed by atoms with van der Waals surface area (Å²) < 4.78 is 30.4. The molecule has 0 heterocycles. The van der Waals surface area contributed by atoms with Crippen molar-refractivity contribution in [3.63, 3.8) is 0 Å². The highest BCUT2D eigenvalue weighted by atomic mass is 19.2. The molecule has 3 saturated carbocycles. The van der Waals surface area contributed by atoms with E-state index in [1.807, 2.05) is 0 Å². The molecule has 2 heteroatoms. The number of hydrogen-bond donors (Lipinski definition) is 0. The van der Waals surface area contributed by atoms with Gasteiger partial charge in [-0.25, -0.2) is 8.78 Å². The van der Waals surface area contributed by atoms with Crippen molar-refractivity contribution in [2.75, 3.05) is 0 Å². The van der Waals surface area contributed by atoms with Crippen LogP contribution in [0.15, 0.2) is 0 Å². The van der Waals surface area contributed by atoms with Crippen LogP contribution in [0.3, 0.4) is 0 Å². The van der Waals surface area contributed by atoms with Gasteiger partial charge in [-0.2, -0.15) is 0 Å². The van der Waals surface area contributed by atoms with Crippen LogP contribution in [0.5, 0.6) is 0 Å². The second-order valence-electron chi connectivity index (χ2n) is 11.7. The van der Waals surface area contributed by atoms with E-state index in [1.54, 1.807) is 0 Å². The van der Waals surface area contributed by atoms with E-state index >= 15 is 8.78 Å². The van der Waals surface area contributed by atoms with E-state index in [0.717, 1.165) is 56.3 Å². The number of hydrogen-bond acceptors (Lipinski definition) is 0. The molecule has 0 radical (unpaired) electrons. The van der Waals surface area contributed by atoms with Crippen molar-refractivity contribution >= 4 is 0 Å². The van der Waals surface area contributed by atoms with Crippen molar-refractivity contribution in [3.8, 4) is 12.3 Å². The number of alkyl halides is 2. The van der Waals surface area contributed by atoms with E-state index in [2.05, 4.69) is 19.8 Å². The highest BCUT2D eigenvalue weighted by Gasteiger charge is 2.44. The van der Waals surface area contributed by atoms with Crippen LogP contribution in [0.4, 0.5) is 8.78 Å². The average molecular weight is 449 g/mol. The number of halogens is 2. The first-order valence-electron chi connectivity index (χ1n) is 14.3. The van der Waals surface area contributed by atoms with Crippen LogP contribution in [0.1, 0.15) is 123 Å². The molecular weight excluding hydrogens is 398 g/mol. The first-order chi connectivity index (χ1) is 15.6. The topological polar surface area (TPSA) is 0 Å². The maximum atomic E-state index is 15.3. The lowest BCUT2D eigenvalue weighted by atomic mass is 9.63. The summed E-state index contributed by atoms with van der Waals surface area (Å²) in [5.41, 5.74) is 0. The van der Waals surface area contributed by atoms with Crippen molar-refractivity contribution < 1.29 is 8.78 Å². The molecule has 3 rings (SSSR count). The van der Waals surface area contributed by atoms with E-state index < -0.39 is 12.3 Å². The van der Waals surface area contributed by atoms with Crippen LogP contribution in [0.25, 0.3) is 0 Å². The normalized spacial score (nSPS) is 39.3. The van der Waals surface area contributed by atoms with Gasteiger partial charge in [-0.05, 0) is 99.7 Å². The van der Waals surface area contributed by atoms with Crippen molar-refractivity contribution in [2.24, 2.45) is 41.4 Å². The molecular formula is C30H50F2. The third-order valence-electron chi connectivity index (χ3n) is 9.69. The van der Waals surface area contributed by atoms with Crippen LogP contribution in [-0.2, 0) is 0 Å². The summed E-state index contributed by atoms with van der Waals surface area (Å²) in [5.74, 6) is 5.91. The van der Waals surface area contributed by atoms with Crippen LogP contribution >= 0.6 is 0 Å². The van der Waals surface area contributed by atoms with Crippen molar-refractivity contribution in [3.05, 3.63) is 0 Å². The largest absolute Gasteiger partial charge is 0.244 e. The number of unbranched alkanes of at least 4 members (excludes halogenated alkanes) is 2. The monoisotopic (exact) mass is 448 g/mol. The van der Waals surface area contributed by atoms with Crippen molar-refractivity contribution in [1.29, 1.82) is 0 Å². The first-order valence-corrected chi connectivity index (χ1v) is 14.3. The zero-order valence-electron chi connectivity index (χ0n) is 21.1. The molecule has 0 saturated heterocycles. The third-order valence-corrected chi connectivity index (χ3v) is 9.69. The molecule has 0 aromatic rings. The average Bonchev–Trinajstić information content (AvgIpc) is 2.82. The predicted octanol–water partition coefficient (Wildman–Crippen LogP) is 9.32. The minimum Gasteiger partial charge on any atom is -0.244 e. The van der Waals surface area contributed by atoms with Crippen molar-refractivity contribution in [2.45, 2.75) is 135 Å². The molecule has 3 aliphatic rings. The molecule has 0 amide bonds. The fourth-order valence-electron chi connectivity index (χ4n) is 7.64. The molecule has 4 unspecified atom stereocenters. The summed E-state index contributed by atoms with van der Waals surface area (Å²) in [7, 11) is 0. The van der Waals surface area contributed by atoms with Gasteiger partial charge in [0.2, 0.25) is 0 Å². The maximum absolute atomic E-state index is 15.3. The highest BCUT2D eigenvalue weighted by molar-refractivity contribution is 4.98. The Morgan fingerprint density at radius 3 is 1.97 bits per heavy atom. The minimum absolute atomic E-state index is 0.0492. The van der Waals surface area contributed by atoms with Gasteiger partial charge in [0.1, 0.15) is 12.3 Å². The number of terminal acetylenes is 1. The minimum atomic E-state index is -1.30. The highest BCUT2D eigenvalue weighted by Crippen LogP contribution is 2.48. The molecule has 5 atom stereocenters. The van der Waals surface area contributed by atoms with Gasteiger partial charge in [0, 0.05) is 5.92 Å². The van der Waals surface area contributed by atoms with Gasteiger partial charge < -0.3 is 0 Å². The summed E-state index contributed by atoms with van der Waals surface area (Å²) in [4.78, 5) is 0. The lowest BCUT2D eigenvalue weighted by Gasteiger charge is -2.43. The summed E-state index contributed by atoms with van der Waals surface area (Å²) in [6.07, 6.45) is 23.2. The van der Waals surface area contributed by atoms with Gasteiger partial charge in [-0.1, -0.05) is 58.8 Å². The fourth-order valence-corrected chi connectivity index (χ4v) is 7.64. The lowest BCUT2D eigenvalue weighted by Crippen LogP contribution is -2.43. The molecule has 0 nitrogen and oxygen atoms in total. The van der Waals surface area contributed by atoms with Crippen LogP contribution in [0, 0.1) is 53.8 Å². The molecule has 3 fully saturated rings. The van der Waals surface area contributed by atoms with Gasteiger partial charge in [0.25, 0.3) is 0 Å². The number of rotatable bonds is 10. The molecule has 0 bridgehead atoms. The van der Waals surface area contributed by atoms with E-state index in [1.165, 1.54) is 64.2 Å². The Morgan fingerprint density at radius 2 is 1.38 bits per heavy atom. The molecule has 184 valence electrons. The van der Waals surface area contributed by atoms with Crippen LogP contribution < -0.4 is 0 Å². The molecule has 0 spiro atoms. The quantitative estimate of drug-likeness (QED) is 0.231. The summed E-state index contributed by atoms with van der Waals surface area (Å²) in [6.45, 7) is 4.49. The van der Waals surface area contributed by atoms with Crippen LogP contribution in [-0.4, -0.2) is 12.3 Å². The van der Waals surface area contributed by atoms with Gasteiger partial charge in [0.05, 0.1) is 0 Å². The van der Waals surface area contributed by atoms with Gasteiger partial charge >= 0.3 is 0 Å². The smallest absolute Gasteiger partial charge is 0.134 e. The SMILES string of the molecule is C#CC(CCCCC)CC1CC[C@@H](C2CCC(C3CCC(CCC)CC3)CC2)C(F)C1F. The Morgan fingerprint density at radius 1 is 0.750 bits per heavy atom. The van der Waals surface area contributed by atoms with E-state index in [-0.39, 0.29) is 17.8 Å². The maximum Gasteiger partial charge on any atom is 0.134 e. The zero-order chi connectivity index (χ0) is 22.9. The summed E-state index contributed by atoms with van der Waals surface area (Å²) in [5, 5.41) is 0. The predicted molar refractivity (Wildman–Crippen MR) is 133 cm³/mol. The Labute approximate surface area is 198 Å². The zero-order valence-corrected chi connectivity index (χ0v) is 21.1. The van der Waals surface area contributed by atoms with E-state index in [9.17, 15) is 0 Å². The fraction of sp³-hybridized carbons (Fsp3) is 0.933. The lowest BCUT2D eigenvalue weighted by molar-refractivity contribution is -0.0197. The summed E-state index contributed by atoms with van der Waals surface area (Å²) >= 11 is 0. The standard InChI is InChI=1S/C30H50F2/c1-4-7-8-10-22(6-3)21-27-19-20-28(30(32)29(27)31)26-17-15-25(16-18-26)24-13-11-23(9-5-2)12-14-24/h3,22-30H,4-5,7-21H2,1-2H3/t22?,23?,24?,25?,26?,27?,28-,29?,30?/m0/s1. The second-order valence-corrected chi connectivity index (χ2v) is 11.7. The van der Waals surface area contributed by atoms with E-state index in [4.69, 9.17) is 6.42 Å². The van der Waals surface area contributed by atoms with Crippen LogP contribution in [0.2, 0.25) is 0 Å². The van der Waals surface area contributed by atoms with Crippen molar-refractivity contribution in [1.82, 2.24) is 0 Å². The molecule has 0 aliphatic heterocycles. The third kappa shape index (κ3) is 6.96. The van der Waals surface area contributed by atoms with Gasteiger partial charge in [-0.3, -0.25) is 0 Å². The van der Waals surface area contributed by atoms with Gasteiger partial charge in [-0.15, -0.1) is 12.3 Å². The van der Waals surface area contributed by atoms with E-state index in [0.29, 0.717) is 12.3 Å². The Bertz CT molecular complexity index is 550. The Kier molecular flexibility index (Phi) is 10.9. The second kappa shape index (κ2) is 13.3.